The van der Waals surface area contributed by atoms with Crippen molar-refractivity contribution in [3.05, 3.63) is 36.6 Å². The molecule has 0 fully saturated rings. The Bertz CT molecular complexity index is 306. The van der Waals surface area contributed by atoms with Gasteiger partial charge in [-0.15, -0.1) is 0 Å². The van der Waals surface area contributed by atoms with Gasteiger partial charge in [-0.05, 0) is 24.7 Å². The van der Waals surface area contributed by atoms with Crippen LogP contribution in [0.4, 0.5) is 0 Å². The van der Waals surface area contributed by atoms with Crippen molar-refractivity contribution in [2.45, 2.75) is 6.32 Å². The van der Waals surface area contributed by atoms with E-state index in [9.17, 15) is 0 Å². The summed E-state index contributed by atoms with van der Waals surface area (Å²) in [6.07, 6.45) is 6.56. The summed E-state index contributed by atoms with van der Waals surface area (Å²) in [5, 5.41) is 0. The van der Waals surface area contributed by atoms with Gasteiger partial charge in [0.1, 0.15) is 0 Å². The van der Waals surface area contributed by atoms with Gasteiger partial charge in [0.25, 0.3) is 0 Å². The van der Waals surface area contributed by atoms with Gasteiger partial charge in [-0.1, -0.05) is 12.0 Å². The molecule has 0 N–H and O–H groups in total. The van der Waals surface area contributed by atoms with E-state index < -0.39 is 0 Å². The number of hydrogen-bond donors (Lipinski definition) is 0. The van der Waals surface area contributed by atoms with E-state index in [0.29, 0.717) is 6.71 Å². The van der Waals surface area contributed by atoms with Crippen molar-refractivity contribution in [1.82, 2.24) is 4.98 Å². The predicted octanol–water partition coefficient (Wildman–Crippen LogP) is 0.921. The number of pyridine rings is 1. The number of aromatic nitrogens is 1. The highest BCUT2D eigenvalue weighted by Crippen LogP contribution is 1.98. The van der Waals surface area contributed by atoms with Crippen LogP contribution in [-0.2, 0) is 0 Å². The first-order valence-corrected chi connectivity index (χ1v) is 4.06. The van der Waals surface area contributed by atoms with Crippen LogP contribution in [0.2, 0.25) is 6.32 Å². The monoisotopic (exact) mass is 156 g/mol. The van der Waals surface area contributed by atoms with Crippen molar-refractivity contribution in [3.8, 4) is 0 Å². The zero-order valence-corrected chi connectivity index (χ0v) is 6.72. The van der Waals surface area contributed by atoms with Crippen LogP contribution >= 0.6 is 0 Å². The Morgan fingerprint density at radius 1 is 1.33 bits per heavy atom. The van der Waals surface area contributed by atoms with E-state index in [-0.39, 0.29) is 0 Å². The highest BCUT2D eigenvalue weighted by Gasteiger charge is 2.13. The molecule has 2 rings (SSSR count). The van der Waals surface area contributed by atoms with Gasteiger partial charge >= 0.3 is 0 Å². The molecule has 0 saturated carbocycles. The Kier molecular flexibility index (Phi) is 2.03. The van der Waals surface area contributed by atoms with Crippen LogP contribution in [0.15, 0.2) is 41.6 Å². The molecule has 1 aromatic heterocycles. The second-order valence-corrected chi connectivity index (χ2v) is 2.77. The number of hydrogen-bond acceptors (Lipinski definition) is 2. The summed E-state index contributed by atoms with van der Waals surface area (Å²) in [6.45, 7) is 0.420. The second kappa shape index (κ2) is 3.35. The van der Waals surface area contributed by atoms with E-state index >= 15 is 0 Å². The summed E-state index contributed by atoms with van der Waals surface area (Å²) >= 11 is 0. The van der Waals surface area contributed by atoms with Crippen LogP contribution in [-0.4, -0.2) is 17.9 Å². The van der Waals surface area contributed by atoms with Gasteiger partial charge in [0.2, 0.25) is 6.71 Å². The van der Waals surface area contributed by atoms with E-state index in [1.54, 1.807) is 0 Å². The molecule has 0 bridgehead atoms. The molecule has 0 atom stereocenters. The number of nitrogens with zero attached hydrogens (tertiary/aromatic N) is 2. The lowest BCUT2D eigenvalue weighted by Crippen LogP contribution is -2.31. The van der Waals surface area contributed by atoms with Gasteiger partial charge in [0, 0.05) is 18.0 Å². The smallest absolute Gasteiger partial charge is 0.232 e. The molecule has 58 valence electrons. The Hall–Kier alpha value is -1.38. The minimum atomic E-state index is 0.420. The average molecular weight is 156 g/mol. The SMILES string of the molecule is C1=CB(c2ccccn2)CC=N1. The summed E-state index contributed by atoms with van der Waals surface area (Å²) < 4.78 is 0. The molecule has 1 aliphatic heterocycles. The number of aliphatic imine (C=N–C) groups is 1. The minimum absolute atomic E-state index is 0.420. The summed E-state index contributed by atoms with van der Waals surface area (Å²) in [4.78, 5) is 8.31. The van der Waals surface area contributed by atoms with Crippen molar-refractivity contribution < 1.29 is 0 Å². The molecular weight excluding hydrogens is 147 g/mol. The predicted molar refractivity (Wildman–Crippen MR) is 52.1 cm³/mol. The third-order valence-electron chi connectivity index (χ3n) is 1.94. The summed E-state index contributed by atoms with van der Waals surface area (Å²) in [5.41, 5.74) is 1.12. The lowest BCUT2D eigenvalue weighted by atomic mass is 9.44. The Labute approximate surface area is 72.1 Å². The van der Waals surface area contributed by atoms with Crippen molar-refractivity contribution in [2.75, 3.05) is 0 Å². The second-order valence-electron chi connectivity index (χ2n) is 2.77. The molecule has 0 unspecified atom stereocenters. The maximum Gasteiger partial charge on any atom is 0.232 e. The van der Waals surface area contributed by atoms with E-state index in [1.165, 1.54) is 0 Å². The fourth-order valence-electron chi connectivity index (χ4n) is 1.28. The summed E-state index contributed by atoms with van der Waals surface area (Å²) in [7, 11) is 0. The molecule has 0 saturated heterocycles. The number of rotatable bonds is 1. The Morgan fingerprint density at radius 2 is 2.33 bits per heavy atom. The summed E-state index contributed by atoms with van der Waals surface area (Å²) in [6, 6.07) is 6.00. The standard InChI is InChI=1S/C9H9BN2/c1-2-6-12-9(3-1)10-4-7-11-8-5-10/h1-4,6-8H,5H2. The maximum absolute atomic E-state index is 4.29. The first-order chi connectivity index (χ1) is 5.97. The van der Waals surface area contributed by atoms with Crippen LogP contribution in [0.25, 0.3) is 0 Å². The minimum Gasteiger partial charge on any atom is -0.271 e. The Morgan fingerprint density at radius 3 is 3.00 bits per heavy atom. The van der Waals surface area contributed by atoms with Crippen molar-refractivity contribution in [2.24, 2.45) is 4.99 Å². The van der Waals surface area contributed by atoms with Gasteiger partial charge in [-0.3, -0.25) is 9.98 Å². The zero-order valence-electron chi connectivity index (χ0n) is 6.72. The summed E-state index contributed by atoms with van der Waals surface area (Å²) in [5.74, 6) is 2.09. The van der Waals surface area contributed by atoms with Gasteiger partial charge in [-0.2, -0.15) is 0 Å². The van der Waals surface area contributed by atoms with Crippen LogP contribution in [0, 0.1) is 0 Å². The van der Waals surface area contributed by atoms with Gasteiger partial charge in [-0.25, -0.2) is 0 Å². The maximum atomic E-state index is 4.29. The third kappa shape index (κ3) is 1.45. The fraction of sp³-hybridized carbons (Fsp3) is 0.111. The molecule has 0 radical (unpaired) electrons. The van der Waals surface area contributed by atoms with Crippen LogP contribution < -0.4 is 5.59 Å². The van der Waals surface area contributed by atoms with Crippen LogP contribution in [0.3, 0.4) is 0 Å². The van der Waals surface area contributed by atoms with Crippen molar-refractivity contribution in [1.29, 1.82) is 0 Å². The highest BCUT2D eigenvalue weighted by molar-refractivity contribution is 6.79. The lowest BCUT2D eigenvalue weighted by Gasteiger charge is -2.06. The Balaban J connectivity index is 2.21. The van der Waals surface area contributed by atoms with Gasteiger partial charge in [0.05, 0.1) is 0 Å². The molecule has 1 aromatic rings. The quantitative estimate of drug-likeness (QED) is 0.555. The van der Waals surface area contributed by atoms with Gasteiger partial charge < -0.3 is 0 Å². The first kappa shape index (κ1) is 7.28. The first-order valence-electron chi connectivity index (χ1n) is 4.06. The van der Waals surface area contributed by atoms with E-state index in [2.05, 4.69) is 16.0 Å². The van der Waals surface area contributed by atoms with Crippen molar-refractivity contribution in [3.63, 3.8) is 0 Å². The van der Waals surface area contributed by atoms with E-state index in [0.717, 1.165) is 11.9 Å². The molecule has 0 amide bonds. The molecule has 0 spiro atoms. The molecule has 2 nitrogen and oxygen atoms in total. The van der Waals surface area contributed by atoms with Crippen LogP contribution in [0.5, 0.6) is 0 Å². The highest BCUT2D eigenvalue weighted by atomic mass is 14.7. The van der Waals surface area contributed by atoms with Gasteiger partial charge in [0.15, 0.2) is 0 Å². The third-order valence-corrected chi connectivity index (χ3v) is 1.94. The zero-order chi connectivity index (χ0) is 8.23. The van der Waals surface area contributed by atoms with Crippen LogP contribution in [0.1, 0.15) is 0 Å². The average Bonchev–Trinajstić information content (AvgIpc) is 2.21. The molecule has 0 aromatic carbocycles. The molecule has 1 aliphatic rings. The van der Waals surface area contributed by atoms with E-state index in [1.807, 2.05) is 36.8 Å². The topological polar surface area (TPSA) is 25.2 Å². The molecule has 3 heteroatoms. The molecular formula is C9H9BN2. The van der Waals surface area contributed by atoms with E-state index in [4.69, 9.17) is 0 Å². The molecule has 2 heterocycles. The normalized spacial score (nSPS) is 15.2. The fourth-order valence-corrected chi connectivity index (χ4v) is 1.28. The van der Waals surface area contributed by atoms with Crippen molar-refractivity contribution >= 4 is 18.5 Å². The largest absolute Gasteiger partial charge is 0.271 e. The molecule has 12 heavy (non-hydrogen) atoms. The lowest BCUT2D eigenvalue weighted by molar-refractivity contribution is 1.37. The molecule has 0 aliphatic carbocycles.